The van der Waals surface area contributed by atoms with Crippen LogP contribution in [0.1, 0.15) is 47.2 Å². The lowest BCUT2D eigenvalue weighted by molar-refractivity contribution is 0.660. The summed E-state index contributed by atoms with van der Waals surface area (Å²) in [7, 11) is 0. The maximum absolute atomic E-state index is 2.48. The standard InChI is InChI=1S/C62H42N2S/c1-61(2)50-24-9-6-21-45(50)49-36-41(31-34-51(49)61)64-56-28-12-8-22-46(56)47-33-30-42(37-57(47)64)63(40-18-4-3-5-19-40)43-32-35-54-59(38-43)65-58-29-13-11-26-53(58)62(54)52-25-10-7-20-44(52)48-23-14-16-39-17-15-27-55(62)60(39)48/h3-38H,1-2H3. The quantitative estimate of drug-likeness (QED) is 0.174. The molecule has 65 heavy (non-hydrogen) atoms. The molecule has 0 saturated carbocycles. The maximum atomic E-state index is 2.48. The predicted octanol–water partition coefficient (Wildman–Crippen LogP) is 16.5. The molecule has 1 atom stereocenters. The highest BCUT2D eigenvalue weighted by Crippen LogP contribution is 2.62. The van der Waals surface area contributed by atoms with Gasteiger partial charge in [0.1, 0.15) is 0 Å². The van der Waals surface area contributed by atoms with Crippen molar-refractivity contribution in [3.05, 3.63) is 252 Å². The highest BCUT2D eigenvalue weighted by Gasteiger charge is 2.48. The van der Waals surface area contributed by atoms with E-state index in [1.165, 1.54) is 104 Å². The highest BCUT2D eigenvalue weighted by atomic mass is 32.2. The Labute approximate surface area is 383 Å². The Morgan fingerprint density at radius 3 is 1.85 bits per heavy atom. The van der Waals surface area contributed by atoms with Crippen LogP contribution in [0.25, 0.3) is 60.5 Å². The van der Waals surface area contributed by atoms with Gasteiger partial charge in [0.25, 0.3) is 0 Å². The van der Waals surface area contributed by atoms with Gasteiger partial charge in [-0.2, -0.15) is 0 Å². The molecule has 1 aliphatic heterocycles. The normalized spacial score (nSPS) is 16.0. The van der Waals surface area contributed by atoms with Crippen LogP contribution in [0.2, 0.25) is 0 Å². The molecule has 2 aliphatic carbocycles. The van der Waals surface area contributed by atoms with Gasteiger partial charge in [0.05, 0.1) is 16.4 Å². The maximum Gasteiger partial charge on any atom is 0.0735 e. The molecule has 0 radical (unpaired) electrons. The van der Waals surface area contributed by atoms with E-state index in [0.717, 1.165) is 17.1 Å². The Hall–Kier alpha value is -7.59. The summed E-state index contributed by atoms with van der Waals surface area (Å²) in [5, 5.41) is 5.11. The number of nitrogens with zero attached hydrogens (tertiary/aromatic N) is 2. The van der Waals surface area contributed by atoms with E-state index in [2.05, 4.69) is 242 Å². The average molecular weight is 847 g/mol. The summed E-state index contributed by atoms with van der Waals surface area (Å²) in [5.41, 5.74) is 19.7. The minimum atomic E-state index is -0.497. The lowest BCUT2D eigenvalue weighted by Gasteiger charge is -2.46. The van der Waals surface area contributed by atoms with E-state index in [0.29, 0.717) is 0 Å². The number of aromatic nitrogens is 1. The first kappa shape index (κ1) is 36.8. The Morgan fingerprint density at radius 1 is 0.385 bits per heavy atom. The molecule has 11 aromatic rings. The first-order valence-corrected chi connectivity index (χ1v) is 23.5. The van der Waals surface area contributed by atoms with Crippen LogP contribution >= 0.6 is 11.8 Å². The van der Waals surface area contributed by atoms with Gasteiger partial charge in [-0.1, -0.05) is 183 Å². The van der Waals surface area contributed by atoms with E-state index < -0.39 is 5.41 Å². The summed E-state index contributed by atoms with van der Waals surface area (Å²) in [6, 6.07) is 82.0. The van der Waals surface area contributed by atoms with E-state index in [4.69, 9.17) is 0 Å². The molecule has 2 nitrogen and oxygen atoms in total. The Kier molecular flexibility index (Phi) is 7.63. The topological polar surface area (TPSA) is 8.17 Å². The number of rotatable bonds is 4. The molecule has 10 aromatic carbocycles. The molecule has 3 aliphatic rings. The second kappa shape index (κ2) is 13.5. The molecule has 0 bridgehead atoms. The van der Waals surface area contributed by atoms with Gasteiger partial charge < -0.3 is 9.47 Å². The van der Waals surface area contributed by atoms with E-state index in [1.54, 1.807) is 0 Å². The Morgan fingerprint density at radius 2 is 0.985 bits per heavy atom. The molecule has 2 heterocycles. The summed E-state index contributed by atoms with van der Waals surface area (Å²) in [6.07, 6.45) is 0. The van der Waals surface area contributed by atoms with Crippen LogP contribution in [-0.4, -0.2) is 4.57 Å². The van der Waals surface area contributed by atoms with Crippen LogP contribution in [0.3, 0.4) is 0 Å². The second-order valence-electron chi connectivity index (χ2n) is 18.4. The van der Waals surface area contributed by atoms with Gasteiger partial charge in [-0.25, -0.2) is 0 Å². The van der Waals surface area contributed by atoms with Crippen LogP contribution in [0.4, 0.5) is 17.1 Å². The van der Waals surface area contributed by atoms with Crippen LogP contribution in [0, 0.1) is 0 Å². The Bertz CT molecular complexity index is 3800. The van der Waals surface area contributed by atoms with E-state index in [9.17, 15) is 0 Å². The number of benzene rings is 10. The first-order valence-electron chi connectivity index (χ1n) is 22.7. The third-order valence-electron chi connectivity index (χ3n) is 14.8. The Balaban J connectivity index is 0.992. The van der Waals surface area contributed by atoms with Crippen molar-refractivity contribution in [1.82, 2.24) is 4.57 Å². The van der Waals surface area contributed by atoms with E-state index >= 15 is 0 Å². The molecule has 0 fully saturated rings. The SMILES string of the molecule is CC1(C)c2ccccc2-c2cc(-n3c4ccccc4c4ccc(N(c5ccccc5)c5ccc6c(c5)Sc5ccccc5C65c6ccccc6-c6cccc7cccc5c67)cc43)ccc21. The smallest absolute Gasteiger partial charge is 0.0735 e. The lowest BCUT2D eigenvalue weighted by atomic mass is 9.59. The van der Waals surface area contributed by atoms with Crippen LogP contribution < -0.4 is 4.90 Å². The van der Waals surface area contributed by atoms with Gasteiger partial charge in [-0.05, 0) is 127 Å². The van der Waals surface area contributed by atoms with Crippen molar-refractivity contribution in [1.29, 1.82) is 0 Å². The second-order valence-corrected chi connectivity index (χ2v) is 19.5. The number of anilines is 3. The minimum absolute atomic E-state index is 0.0539. The van der Waals surface area contributed by atoms with Crippen molar-refractivity contribution in [3.8, 4) is 27.9 Å². The van der Waals surface area contributed by atoms with Crippen molar-refractivity contribution >= 4 is 61.4 Å². The summed E-state index contributed by atoms with van der Waals surface area (Å²) in [4.78, 5) is 5.01. The van der Waals surface area contributed by atoms with Gasteiger partial charge >= 0.3 is 0 Å². The van der Waals surface area contributed by atoms with Gasteiger partial charge in [0.15, 0.2) is 0 Å². The first-order chi connectivity index (χ1) is 32.0. The number of hydrogen-bond donors (Lipinski definition) is 0. The molecular formula is C62H42N2S. The molecule has 306 valence electrons. The van der Waals surface area contributed by atoms with E-state index in [1.807, 2.05) is 11.8 Å². The van der Waals surface area contributed by atoms with Gasteiger partial charge in [-0.15, -0.1) is 0 Å². The van der Waals surface area contributed by atoms with Gasteiger partial charge in [0, 0.05) is 48.7 Å². The molecule has 1 spiro atoms. The molecule has 0 N–H and O–H groups in total. The zero-order valence-corrected chi connectivity index (χ0v) is 36.9. The van der Waals surface area contributed by atoms with Crippen LogP contribution in [0.15, 0.2) is 228 Å². The number of hydrogen-bond acceptors (Lipinski definition) is 2. The molecule has 1 aromatic heterocycles. The summed E-state index contributed by atoms with van der Waals surface area (Å²) < 4.78 is 2.48. The van der Waals surface area contributed by atoms with Crippen molar-refractivity contribution in [2.24, 2.45) is 0 Å². The molecule has 3 heteroatoms. The fourth-order valence-corrected chi connectivity index (χ4v) is 13.3. The average Bonchev–Trinajstić information content (AvgIpc) is 3.80. The molecular weight excluding hydrogens is 805 g/mol. The van der Waals surface area contributed by atoms with Crippen molar-refractivity contribution in [2.45, 2.75) is 34.5 Å². The highest BCUT2D eigenvalue weighted by molar-refractivity contribution is 7.99. The molecule has 0 amide bonds. The minimum Gasteiger partial charge on any atom is -0.310 e. The molecule has 0 saturated heterocycles. The molecule has 14 rings (SSSR count). The van der Waals surface area contributed by atoms with Crippen molar-refractivity contribution < 1.29 is 0 Å². The van der Waals surface area contributed by atoms with Gasteiger partial charge in [0.2, 0.25) is 0 Å². The third kappa shape index (κ3) is 4.96. The van der Waals surface area contributed by atoms with Gasteiger partial charge in [-0.3, -0.25) is 0 Å². The van der Waals surface area contributed by atoms with Crippen LogP contribution in [0.5, 0.6) is 0 Å². The van der Waals surface area contributed by atoms with Crippen LogP contribution in [-0.2, 0) is 10.8 Å². The zero-order chi connectivity index (χ0) is 43.0. The summed E-state index contributed by atoms with van der Waals surface area (Å²) in [6.45, 7) is 4.71. The van der Waals surface area contributed by atoms with Crippen molar-refractivity contribution in [2.75, 3.05) is 4.90 Å². The largest absolute Gasteiger partial charge is 0.310 e. The predicted molar refractivity (Wildman–Crippen MR) is 272 cm³/mol. The third-order valence-corrected chi connectivity index (χ3v) is 16.0. The fraction of sp³-hybridized carbons (Fsp3) is 0.0645. The lowest BCUT2D eigenvalue weighted by Crippen LogP contribution is -2.36. The number of para-hydroxylation sites is 2. The number of fused-ring (bicyclic) bond motifs is 14. The molecule has 1 unspecified atom stereocenters. The van der Waals surface area contributed by atoms with Crippen molar-refractivity contribution in [3.63, 3.8) is 0 Å². The fourth-order valence-electron chi connectivity index (χ4n) is 12.1. The van der Waals surface area contributed by atoms with E-state index in [-0.39, 0.29) is 5.41 Å². The monoisotopic (exact) mass is 846 g/mol. The summed E-state index contributed by atoms with van der Waals surface area (Å²) >= 11 is 1.90. The zero-order valence-electron chi connectivity index (χ0n) is 36.1. The summed E-state index contributed by atoms with van der Waals surface area (Å²) in [5.74, 6) is 0.